The van der Waals surface area contributed by atoms with Crippen molar-refractivity contribution in [3.05, 3.63) is 12.2 Å². The molecule has 1 aromatic heterocycles. The average Bonchev–Trinajstić information content (AvgIpc) is 2.90. The van der Waals surface area contributed by atoms with Gasteiger partial charge in [-0.1, -0.05) is 5.16 Å². The molecule has 1 aromatic rings. The monoisotopic (exact) mass is 210 g/mol. The lowest BCUT2D eigenvalue weighted by molar-refractivity contribution is 0.209. The van der Waals surface area contributed by atoms with Crippen molar-refractivity contribution in [1.82, 2.24) is 20.4 Å². The Morgan fingerprint density at radius 1 is 1.53 bits per heavy atom. The van der Waals surface area contributed by atoms with E-state index in [4.69, 9.17) is 0 Å². The number of nitrogens with one attached hydrogen (secondary N) is 1. The molecule has 15 heavy (non-hydrogen) atoms. The van der Waals surface area contributed by atoms with E-state index in [0.29, 0.717) is 18.8 Å². The fourth-order valence-corrected chi connectivity index (χ4v) is 1.62. The summed E-state index contributed by atoms with van der Waals surface area (Å²) in [4.78, 5) is 17.2. The maximum absolute atomic E-state index is 11.5. The van der Waals surface area contributed by atoms with E-state index in [1.165, 1.54) is 6.39 Å². The second-order valence-electron chi connectivity index (χ2n) is 3.52. The van der Waals surface area contributed by atoms with Crippen molar-refractivity contribution in [3.8, 4) is 0 Å². The van der Waals surface area contributed by atoms with Crippen LogP contribution in [0.1, 0.15) is 18.7 Å². The minimum Gasteiger partial charge on any atom is -0.343 e. The number of amides is 2. The van der Waals surface area contributed by atoms with Crippen LogP contribution in [0.25, 0.3) is 0 Å². The zero-order chi connectivity index (χ0) is 10.5. The van der Waals surface area contributed by atoms with Gasteiger partial charge in [-0.15, -0.1) is 0 Å². The molecule has 0 atom stereocenters. The smallest absolute Gasteiger partial charge is 0.317 e. The van der Waals surface area contributed by atoms with Crippen LogP contribution in [0.3, 0.4) is 0 Å². The highest BCUT2D eigenvalue weighted by atomic mass is 16.5. The highest BCUT2D eigenvalue weighted by Gasteiger charge is 2.16. The highest BCUT2D eigenvalue weighted by molar-refractivity contribution is 5.74. The van der Waals surface area contributed by atoms with E-state index in [9.17, 15) is 4.79 Å². The van der Waals surface area contributed by atoms with Crippen molar-refractivity contribution in [1.29, 1.82) is 0 Å². The molecule has 2 amide bonds. The Morgan fingerprint density at radius 2 is 2.33 bits per heavy atom. The van der Waals surface area contributed by atoms with Crippen LogP contribution >= 0.6 is 0 Å². The first kappa shape index (κ1) is 9.95. The van der Waals surface area contributed by atoms with Crippen molar-refractivity contribution < 1.29 is 9.32 Å². The number of hydrogen-bond acceptors (Lipinski definition) is 4. The minimum atomic E-state index is 0.0102. The van der Waals surface area contributed by atoms with Crippen LogP contribution in [0.5, 0.6) is 0 Å². The number of rotatable bonds is 3. The number of hydrogen-bond donors (Lipinski definition) is 1. The summed E-state index contributed by atoms with van der Waals surface area (Å²) in [6, 6.07) is 0.0102. The van der Waals surface area contributed by atoms with Gasteiger partial charge in [-0.25, -0.2) is 4.79 Å². The van der Waals surface area contributed by atoms with Gasteiger partial charge in [0.15, 0.2) is 5.82 Å². The van der Waals surface area contributed by atoms with Crippen LogP contribution in [-0.4, -0.2) is 40.7 Å². The number of likely N-dealkylation sites (tertiary alicyclic amines) is 1. The van der Waals surface area contributed by atoms with Crippen LogP contribution in [0.15, 0.2) is 10.9 Å². The predicted octanol–water partition coefficient (Wildman–Crippen LogP) is 0.417. The molecule has 0 radical (unpaired) electrons. The lowest BCUT2D eigenvalue weighted by Crippen LogP contribution is -2.38. The molecule has 1 saturated heterocycles. The molecule has 1 aliphatic heterocycles. The first-order valence-corrected chi connectivity index (χ1v) is 5.14. The Labute approximate surface area is 87.6 Å². The number of carbonyl (C=O) groups is 1. The third-order valence-corrected chi connectivity index (χ3v) is 2.43. The molecule has 2 heterocycles. The van der Waals surface area contributed by atoms with Crippen molar-refractivity contribution >= 4 is 6.03 Å². The molecule has 0 unspecified atom stereocenters. The van der Waals surface area contributed by atoms with Crippen molar-refractivity contribution in [3.63, 3.8) is 0 Å². The van der Waals surface area contributed by atoms with E-state index in [1.807, 2.05) is 4.90 Å². The quantitative estimate of drug-likeness (QED) is 0.784. The van der Waals surface area contributed by atoms with Crippen molar-refractivity contribution in [2.75, 3.05) is 19.6 Å². The molecule has 1 aliphatic rings. The number of urea groups is 1. The lowest BCUT2D eigenvalue weighted by Gasteiger charge is -2.15. The SMILES string of the molecule is O=C(NCCc1ncon1)N1CCCC1. The Balaban J connectivity index is 1.67. The number of aromatic nitrogens is 2. The molecule has 1 N–H and O–H groups in total. The van der Waals surface area contributed by atoms with Crippen LogP contribution < -0.4 is 5.32 Å². The van der Waals surface area contributed by atoms with Gasteiger partial charge in [-0.2, -0.15) is 4.98 Å². The molecule has 0 aromatic carbocycles. The van der Waals surface area contributed by atoms with Gasteiger partial charge in [0.25, 0.3) is 0 Å². The summed E-state index contributed by atoms with van der Waals surface area (Å²) < 4.78 is 4.59. The highest BCUT2D eigenvalue weighted by Crippen LogP contribution is 2.06. The third kappa shape index (κ3) is 2.68. The summed E-state index contributed by atoms with van der Waals surface area (Å²) in [7, 11) is 0. The van der Waals surface area contributed by atoms with Gasteiger partial charge >= 0.3 is 6.03 Å². The standard InChI is InChI=1S/C9H14N4O2/c14-9(13-5-1-2-6-13)10-4-3-8-11-7-15-12-8/h7H,1-6H2,(H,10,14). The number of nitrogens with zero attached hydrogens (tertiary/aromatic N) is 3. The van der Waals surface area contributed by atoms with E-state index in [-0.39, 0.29) is 6.03 Å². The van der Waals surface area contributed by atoms with Gasteiger partial charge in [-0.05, 0) is 12.8 Å². The molecular formula is C9H14N4O2. The normalized spacial score (nSPS) is 15.6. The fraction of sp³-hybridized carbons (Fsp3) is 0.667. The molecule has 2 rings (SSSR count). The minimum absolute atomic E-state index is 0.0102. The summed E-state index contributed by atoms with van der Waals surface area (Å²) in [5, 5.41) is 6.49. The second-order valence-corrected chi connectivity index (χ2v) is 3.52. The first-order valence-electron chi connectivity index (χ1n) is 5.14. The van der Waals surface area contributed by atoms with Crippen molar-refractivity contribution in [2.24, 2.45) is 0 Å². The largest absolute Gasteiger partial charge is 0.343 e. The van der Waals surface area contributed by atoms with Gasteiger partial charge in [-0.3, -0.25) is 0 Å². The Hall–Kier alpha value is -1.59. The molecule has 0 saturated carbocycles. The third-order valence-electron chi connectivity index (χ3n) is 2.43. The molecule has 0 spiro atoms. The van der Waals surface area contributed by atoms with Gasteiger partial charge < -0.3 is 14.7 Å². The summed E-state index contributed by atoms with van der Waals surface area (Å²) in [5.41, 5.74) is 0. The maximum Gasteiger partial charge on any atom is 0.317 e. The van der Waals surface area contributed by atoms with Crippen LogP contribution in [0, 0.1) is 0 Å². The van der Waals surface area contributed by atoms with Crippen LogP contribution in [0.2, 0.25) is 0 Å². The molecule has 0 aliphatic carbocycles. The lowest BCUT2D eigenvalue weighted by atomic mass is 10.4. The van der Waals surface area contributed by atoms with E-state index in [2.05, 4.69) is 20.0 Å². The number of carbonyl (C=O) groups excluding carboxylic acids is 1. The van der Waals surface area contributed by atoms with E-state index in [0.717, 1.165) is 25.9 Å². The summed E-state index contributed by atoms with van der Waals surface area (Å²) in [5.74, 6) is 0.622. The average molecular weight is 210 g/mol. The zero-order valence-corrected chi connectivity index (χ0v) is 8.48. The molecule has 0 bridgehead atoms. The van der Waals surface area contributed by atoms with Crippen molar-refractivity contribution in [2.45, 2.75) is 19.3 Å². The summed E-state index contributed by atoms with van der Waals surface area (Å²) in [6.07, 6.45) is 4.12. The molecule has 82 valence electrons. The van der Waals surface area contributed by atoms with Crippen LogP contribution in [-0.2, 0) is 6.42 Å². The Morgan fingerprint density at radius 3 is 3.00 bits per heavy atom. The molecule has 6 heteroatoms. The summed E-state index contributed by atoms with van der Waals surface area (Å²) >= 11 is 0. The topological polar surface area (TPSA) is 71.3 Å². The first-order chi connectivity index (χ1) is 7.36. The van der Waals surface area contributed by atoms with Crippen LogP contribution in [0.4, 0.5) is 4.79 Å². The van der Waals surface area contributed by atoms with E-state index < -0.39 is 0 Å². The van der Waals surface area contributed by atoms with E-state index in [1.54, 1.807) is 0 Å². The van der Waals surface area contributed by atoms with Gasteiger partial charge in [0.05, 0.1) is 0 Å². The zero-order valence-electron chi connectivity index (χ0n) is 8.48. The van der Waals surface area contributed by atoms with Gasteiger partial charge in [0, 0.05) is 26.1 Å². The molecular weight excluding hydrogens is 196 g/mol. The Kier molecular flexibility index (Phi) is 3.16. The second kappa shape index (κ2) is 4.77. The van der Waals surface area contributed by atoms with E-state index >= 15 is 0 Å². The Bertz CT molecular complexity index is 306. The van der Waals surface area contributed by atoms with Gasteiger partial charge in [0.2, 0.25) is 6.39 Å². The molecule has 1 fully saturated rings. The fourth-order valence-electron chi connectivity index (χ4n) is 1.62. The molecule has 6 nitrogen and oxygen atoms in total. The maximum atomic E-state index is 11.5. The van der Waals surface area contributed by atoms with Gasteiger partial charge in [0.1, 0.15) is 0 Å². The predicted molar refractivity (Wildman–Crippen MR) is 52.2 cm³/mol. The summed E-state index contributed by atoms with van der Waals surface area (Å²) in [6.45, 7) is 2.29.